The van der Waals surface area contributed by atoms with Gasteiger partial charge in [0.05, 0.1) is 5.02 Å². The topological polar surface area (TPSA) is 56.7 Å². The van der Waals surface area contributed by atoms with E-state index in [1.165, 1.54) is 0 Å². The lowest BCUT2D eigenvalue weighted by Crippen LogP contribution is -2.17. The fraction of sp³-hybridized carbons (Fsp3) is 0.333. The third kappa shape index (κ3) is 3.02. The smallest absolute Gasteiger partial charge is 0.138 e. The summed E-state index contributed by atoms with van der Waals surface area (Å²) in [5, 5.41) is 4.87. The first-order chi connectivity index (χ1) is 8.61. The second-order valence-corrected chi connectivity index (χ2v) is 5.55. The van der Waals surface area contributed by atoms with Crippen LogP contribution in [0.4, 0.5) is 0 Å². The predicted molar refractivity (Wildman–Crippen MR) is 80.5 cm³/mol. The maximum absolute atomic E-state index is 6.19. The lowest BCUT2D eigenvalue weighted by atomic mass is 10.0. The molecule has 18 heavy (non-hydrogen) atoms. The second-order valence-electron chi connectivity index (χ2n) is 3.98. The van der Waals surface area contributed by atoms with Crippen LogP contribution in [0.15, 0.2) is 24.5 Å². The molecule has 4 nitrogen and oxygen atoms in total. The minimum absolute atomic E-state index is 0.117. The van der Waals surface area contributed by atoms with Gasteiger partial charge in [0.1, 0.15) is 12.2 Å². The van der Waals surface area contributed by atoms with Crippen molar-refractivity contribution in [2.75, 3.05) is 0 Å². The van der Waals surface area contributed by atoms with Crippen molar-refractivity contribution >= 4 is 34.2 Å². The van der Waals surface area contributed by atoms with Gasteiger partial charge in [0, 0.05) is 22.6 Å². The highest BCUT2D eigenvalue weighted by Crippen LogP contribution is 2.23. The van der Waals surface area contributed by atoms with Crippen LogP contribution in [0.2, 0.25) is 5.02 Å². The molecule has 0 aliphatic heterocycles. The van der Waals surface area contributed by atoms with Crippen molar-refractivity contribution in [1.82, 2.24) is 14.8 Å². The first kappa shape index (κ1) is 13.8. The van der Waals surface area contributed by atoms with Gasteiger partial charge in [-0.1, -0.05) is 17.7 Å². The van der Waals surface area contributed by atoms with E-state index in [4.69, 9.17) is 17.3 Å². The van der Waals surface area contributed by atoms with Gasteiger partial charge in [-0.3, -0.25) is 4.68 Å². The van der Waals surface area contributed by atoms with Gasteiger partial charge in [-0.2, -0.15) is 5.10 Å². The molecule has 0 saturated carbocycles. The second kappa shape index (κ2) is 5.99. The van der Waals surface area contributed by atoms with Gasteiger partial charge in [-0.05, 0) is 47.2 Å². The van der Waals surface area contributed by atoms with E-state index in [9.17, 15) is 0 Å². The molecule has 0 bridgehead atoms. The highest BCUT2D eigenvalue weighted by molar-refractivity contribution is 14.1. The van der Waals surface area contributed by atoms with Crippen molar-refractivity contribution in [2.45, 2.75) is 25.9 Å². The summed E-state index contributed by atoms with van der Waals surface area (Å²) in [5.41, 5.74) is 7.21. The van der Waals surface area contributed by atoms with E-state index in [0.717, 1.165) is 26.5 Å². The number of aromatic nitrogens is 3. The van der Waals surface area contributed by atoms with Gasteiger partial charge >= 0.3 is 0 Å². The number of aryl methyl sites for hydroxylation is 1. The first-order valence-corrected chi connectivity index (χ1v) is 7.14. The van der Waals surface area contributed by atoms with E-state index in [2.05, 4.69) is 32.7 Å². The van der Waals surface area contributed by atoms with Gasteiger partial charge < -0.3 is 5.73 Å². The molecule has 0 radical (unpaired) electrons. The molecule has 2 aromatic rings. The summed E-state index contributed by atoms with van der Waals surface area (Å²) in [7, 11) is 0. The molecule has 1 atom stereocenters. The third-order valence-electron chi connectivity index (χ3n) is 2.77. The lowest BCUT2D eigenvalue weighted by molar-refractivity contribution is 0.581. The normalized spacial score (nSPS) is 12.7. The highest BCUT2D eigenvalue weighted by Gasteiger charge is 2.12. The average molecular weight is 377 g/mol. The maximum Gasteiger partial charge on any atom is 0.138 e. The number of nitrogens with two attached hydrogens (primary N) is 1. The van der Waals surface area contributed by atoms with Crippen molar-refractivity contribution < 1.29 is 0 Å². The highest BCUT2D eigenvalue weighted by atomic mass is 127. The fourth-order valence-corrected chi connectivity index (χ4v) is 2.29. The van der Waals surface area contributed by atoms with E-state index < -0.39 is 0 Å². The maximum atomic E-state index is 6.19. The van der Waals surface area contributed by atoms with Crippen LogP contribution in [0.5, 0.6) is 0 Å². The van der Waals surface area contributed by atoms with Crippen LogP contribution in [-0.2, 0) is 13.0 Å². The molecule has 2 rings (SSSR count). The standard InChI is InChI=1S/C12H14ClIN4/c1-2-18-12(16-7-17-18)6-11(15)8-3-4-10(14)9(13)5-8/h3-5,7,11H,2,6,15H2,1H3. The fourth-order valence-electron chi connectivity index (χ4n) is 1.77. The molecule has 0 fully saturated rings. The molecule has 0 saturated heterocycles. The molecule has 0 aliphatic rings. The Balaban J connectivity index is 2.16. The monoisotopic (exact) mass is 376 g/mol. The SMILES string of the molecule is CCn1ncnc1CC(N)c1ccc(I)c(Cl)c1. The quantitative estimate of drug-likeness (QED) is 0.835. The molecule has 96 valence electrons. The minimum Gasteiger partial charge on any atom is -0.324 e. The molecule has 6 heteroatoms. The summed E-state index contributed by atoms with van der Waals surface area (Å²) in [6.07, 6.45) is 2.22. The Morgan fingerprint density at radius 3 is 2.94 bits per heavy atom. The van der Waals surface area contributed by atoms with E-state index in [0.29, 0.717) is 6.42 Å². The predicted octanol–water partition coefficient (Wildman–Crippen LogP) is 2.80. The van der Waals surface area contributed by atoms with E-state index in [1.807, 2.05) is 29.8 Å². The lowest BCUT2D eigenvalue weighted by Gasteiger charge is -2.12. The molecule has 1 aromatic heterocycles. The summed E-state index contributed by atoms with van der Waals surface area (Å²) in [6, 6.07) is 5.78. The Labute approximate surface area is 125 Å². The molecule has 0 spiro atoms. The van der Waals surface area contributed by atoms with Crippen LogP contribution in [0.1, 0.15) is 24.4 Å². The number of benzene rings is 1. The average Bonchev–Trinajstić information content (AvgIpc) is 2.79. The van der Waals surface area contributed by atoms with Crippen LogP contribution in [0, 0.1) is 3.57 Å². The van der Waals surface area contributed by atoms with Gasteiger partial charge in [0.2, 0.25) is 0 Å². The summed E-state index contributed by atoms with van der Waals surface area (Å²) in [6.45, 7) is 2.83. The summed E-state index contributed by atoms with van der Waals surface area (Å²) in [4.78, 5) is 4.23. The summed E-state index contributed by atoms with van der Waals surface area (Å²) in [5.74, 6) is 0.902. The van der Waals surface area contributed by atoms with E-state index in [1.54, 1.807) is 6.33 Å². The number of hydrogen-bond donors (Lipinski definition) is 1. The Morgan fingerprint density at radius 2 is 2.28 bits per heavy atom. The molecular formula is C12H14ClIN4. The van der Waals surface area contributed by atoms with Crippen molar-refractivity contribution in [3.05, 3.63) is 44.5 Å². The van der Waals surface area contributed by atoms with Crippen LogP contribution < -0.4 is 5.73 Å². The molecule has 2 N–H and O–H groups in total. The van der Waals surface area contributed by atoms with Crippen molar-refractivity contribution in [3.63, 3.8) is 0 Å². The van der Waals surface area contributed by atoms with Crippen LogP contribution in [0.3, 0.4) is 0 Å². The molecule has 1 aromatic carbocycles. The Bertz CT molecular complexity index is 541. The molecule has 0 amide bonds. The molecule has 1 unspecified atom stereocenters. The molecule has 1 heterocycles. The first-order valence-electron chi connectivity index (χ1n) is 5.69. The van der Waals surface area contributed by atoms with Crippen LogP contribution in [-0.4, -0.2) is 14.8 Å². The molecular weight excluding hydrogens is 363 g/mol. The largest absolute Gasteiger partial charge is 0.324 e. The zero-order chi connectivity index (χ0) is 13.1. The number of halogens is 2. The summed E-state index contributed by atoms with van der Waals surface area (Å²) >= 11 is 8.30. The Hall–Kier alpha value is -0.660. The minimum atomic E-state index is -0.117. The number of rotatable bonds is 4. The van der Waals surface area contributed by atoms with E-state index >= 15 is 0 Å². The van der Waals surface area contributed by atoms with Gasteiger partial charge in [-0.15, -0.1) is 0 Å². The van der Waals surface area contributed by atoms with Gasteiger partial charge in [-0.25, -0.2) is 4.98 Å². The zero-order valence-electron chi connectivity index (χ0n) is 9.98. The zero-order valence-corrected chi connectivity index (χ0v) is 12.9. The number of hydrogen-bond acceptors (Lipinski definition) is 3. The summed E-state index contributed by atoms with van der Waals surface area (Å²) < 4.78 is 2.88. The van der Waals surface area contributed by atoms with Crippen LogP contribution >= 0.6 is 34.2 Å². The van der Waals surface area contributed by atoms with Crippen molar-refractivity contribution in [2.24, 2.45) is 5.73 Å². The van der Waals surface area contributed by atoms with Crippen molar-refractivity contribution in [1.29, 1.82) is 0 Å². The van der Waals surface area contributed by atoms with Crippen molar-refractivity contribution in [3.8, 4) is 0 Å². The van der Waals surface area contributed by atoms with Crippen LogP contribution in [0.25, 0.3) is 0 Å². The molecule has 0 aliphatic carbocycles. The number of nitrogens with zero attached hydrogens (tertiary/aromatic N) is 3. The Kier molecular flexibility index (Phi) is 4.58. The van der Waals surface area contributed by atoms with E-state index in [-0.39, 0.29) is 6.04 Å². The van der Waals surface area contributed by atoms with Gasteiger partial charge in [0.15, 0.2) is 0 Å². The Morgan fingerprint density at radius 1 is 1.50 bits per heavy atom. The third-order valence-corrected chi connectivity index (χ3v) is 4.34. The van der Waals surface area contributed by atoms with Gasteiger partial charge in [0.25, 0.3) is 0 Å².